The largest absolute Gasteiger partial charge is 0.341 e. The van der Waals surface area contributed by atoms with Crippen LogP contribution in [-0.2, 0) is 19.4 Å². The lowest BCUT2D eigenvalue weighted by Crippen LogP contribution is -2.62. The molecule has 3 heterocycles. The van der Waals surface area contributed by atoms with Gasteiger partial charge in [-0.3, -0.25) is 14.5 Å². The maximum absolute atomic E-state index is 12.5. The molecule has 2 atom stereocenters. The van der Waals surface area contributed by atoms with Crippen molar-refractivity contribution in [3.63, 3.8) is 0 Å². The van der Waals surface area contributed by atoms with Crippen LogP contribution in [0, 0.1) is 0 Å². The summed E-state index contributed by atoms with van der Waals surface area (Å²) in [6.07, 6.45) is 1.53. The molecule has 3 aliphatic heterocycles. The Morgan fingerprint density at radius 2 is 1.84 bits per heavy atom. The number of likely N-dealkylation sites (N-methyl/N-ethyl adjacent to an activating group) is 1. The van der Waals surface area contributed by atoms with Crippen molar-refractivity contribution in [1.82, 2.24) is 19.6 Å². The highest BCUT2D eigenvalue weighted by Gasteiger charge is 2.47. The molecule has 9 heteroatoms. The third-order valence-electron chi connectivity index (χ3n) is 5.39. The van der Waals surface area contributed by atoms with E-state index in [9.17, 15) is 18.0 Å². The molecular weight excluding hydrogens is 344 g/mol. The van der Waals surface area contributed by atoms with Crippen molar-refractivity contribution in [3.05, 3.63) is 0 Å². The summed E-state index contributed by atoms with van der Waals surface area (Å²) in [7, 11) is 0.540. The average Bonchev–Trinajstić information content (AvgIpc) is 3.05. The van der Waals surface area contributed by atoms with Crippen molar-refractivity contribution < 1.29 is 18.0 Å². The van der Waals surface area contributed by atoms with E-state index in [2.05, 4.69) is 4.90 Å². The van der Waals surface area contributed by atoms with Gasteiger partial charge in [0, 0.05) is 45.2 Å². The van der Waals surface area contributed by atoms with Gasteiger partial charge in [-0.2, -0.15) is 0 Å². The summed E-state index contributed by atoms with van der Waals surface area (Å²) in [6, 6.07) is -0.414. The van der Waals surface area contributed by atoms with Crippen molar-refractivity contribution in [3.8, 4) is 0 Å². The van der Waals surface area contributed by atoms with E-state index in [1.807, 2.05) is 23.9 Å². The Labute approximate surface area is 149 Å². The Morgan fingerprint density at radius 3 is 2.48 bits per heavy atom. The minimum Gasteiger partial charge on any atom is -0.341 e. The molecule has 3 rings (SSSR count). The lowest BCUT2D eigenvalue weighted by molar-refractivity contribution is -0.137. The Kier molecular flexibility index (Phi) is 5.36. The third-order valence-corrected chi connectivity index (χ3v) is 7.09. The van der Waals surface area contributed by atoms with Crippen LogP contribution >= 0.6 is 0 Å². The van der Waals surface area contributed by atoms with Crippen molar-refractivity contribution in [2.45, 2.75) is 24.9 Å². The fraction of sp³-hybridized carbons (Fsp3) is 0.875. The number of rotatable bonds is 5. The number of hydrogen-bond donors (Lipinski definition) is 0. The SMILES string of the molecule is CN(C)CC(=O)N1CCN(CCN2CCCC2=O)[C@H]2CS(=O)(=O)C[C@H]21. The second-order valence-electron chi connectivity index (χ2n) is 7.56. The van der Waals surface area contributed by atoms with E-state index in [4.69, 9.17) is 0 Å². The molecule has 8 nitrogen and oxygen atoms in total. The molecule has 0 radical (unpaired) electrons. The van der Waals surface area contributed by atoms with Crippen LogP contribution in [0.25, 0.3) is 0 Å². The van der Waals surface area contributed by atoms with Gasteiger partial charge >= 0.3 is 0 Å². The summed E-state index contributed by atoms with van der Waals surface area (Å²) >= 11 is 0. The topological polar surface area (TPSA) is 81.2 Å². The minimum atomic E-state index is -3.13. The van der Waals surface area contributed by atoms with Gasteiger partial charge in [0.05, 0.1) is 24.1 Å². The molecule has 0 bridgehead atoms. The molecule has 0 aliphatic carbocycles. The number of carbonyl (C=O) groups excluding carboxylic acids is 2. The highest BCUT2D eigenvalue weighted by molar-refractivity contribution is 7.91. The summed E-state index contributed by atoms with van der Waals surface area (Å²) in [5, 5.41) is 0. The van der Waals surface area contributed by atoms with Gasteiger partial charge in [0.15, 0.2) is 9.84 Å². The predicted molar refractivity (Wildman–Crippen MR) is 93.9 cm³/mol. The molecule has 0 N–H and O–H groups in total. The molecule has 25 heavy (non-hydrogen) atoms. The van der Waals surface area contributed by atoms with Crippen LogP contribution in [0.5, 0.6) is 0 Å². The van der Waals surface area contributed by atoms with Crippen LogP contribution in [0.3, 0.4) is 0 Å². The van der Waals surface area contributed by atoms with Crippen LogP contribution in [-0.4, -0.2) is 117 Å². The molecular formula is C16H28N4O4S. The molecule has 3 saturated heterocycles. The summed E-state index contributed by atoms with van der Waals surface area (Å²) in [6.45, 7) is 3.64. The summed E-state index contributed by atoms with van der Waals surface area (Å²) in [5.74, 6) is 0.342. The van der Waals surface area contributed by atoms with Crippen molar-refractivity contribution >= 4 is 21.7 Å². The van der Waals surface area contributed by atoms with Gasteiger partial charge in [-0.25, -0.2) is 8.42 Å². The first-order valence-electron chi connectivity index (χ1n) is 8.93. The molecule has 3 fully saturated rings. The highest BCUT2D eigenvalue weighted by Crippen LogP contribution is 2.27. The quantitative estimate of drug-likeness (QED) is 0.583. The lowest BCUT2D eigenvalue weighted by atomic mass is 10.0. The second kappa shape index (κ2) is 7.20. The van der Waals surface area contributed by atoms with E-state index in [0.29, 0.717) is 39.1 Å². The Balaban J connectivity index is 1.67. The van der Waals surface area contributed by atoms with E-state index < -0.39 is 9.84 Å². The molecule has 142 valence electrons. The Hall–Kier alpha value is -1.19. The van der Waals surface area contributed by atoms with Crippen LogP contribution in [0.15, 0.2) is 0 Å². The fourth-order valence-electron chi connectivity index (χ4n) is 4.16. The van der Waals surface area contributed by atoms with E-state index in [1.54, 1.807) is 4.90 Å². The normalized spacial score (nSPS) is 29.5. The highest BCUT2D eigenvalue weighted by atomic mass is 32.2. The van der Waals surface area contributed by atoms with E-state index in [0.717, 1.165) is 13.0 Å². The predicted octanol–water partition coefficient (Wildman–Crippen LogP) is -1.52. The van der Waals surface area contributed by atoms with Crippen LogP contribution < -0.4 is 0 Å². The minimum absolute atomic E-state index is 0.00790. The second-order valence-corrected chi connectivity index (χ2v) is 9.71. The first-order chi connectivity index (χ1) is 11.8. The first-order valence-corrected chi connectivity index (χ1v) is 10.8. The monoisotopic (exact) mass is 372 g/mol. The van der Waals surface area contributed by atoms with Crippen molar-refractivity contribution in [1.29, 1.82) is 0 Å². The van der Waals surface area contributed by atoms with E-state index in [1.165, 1.54) is 0 Å². The van der Waals surface area contributed by atoms with E-state index in [-0.39, 0.29) is 35.4 Å². The number of likely N-dealkylation sites (tertiary alicyclic amines) is 1. The number of piperazine rings is 1. The van der Waals surface area contributed by atoms with Gasteiger partial charge in [0.2, 0.25) is 11.8 Å². The smallest absolute Gasteiger partial charge is 0.237 e. The molecule has 3 aliphatic rings. The number of amides is 2. The van der Waals surface area contributed by atoms with Gasteiger partial charge in [-0.15, -0.1) is 0 Å². The maximum Gasteiger partial charge on any atom is 0.237 e. The van der Waals surface area contributed by atoms with Crippen LogP contribution in [0.4, 0.5) is 0 Å². The van der Waals surface area contributed by atoms with Crippen LogP contribution in [0.1, 0.15) is 12.8 Å². The number of carbonyl (C=O) groups is 2. The summed E-state index contributed by atoms with van der Waals surface area (Å²) in [5.41, 5.74) is 0. The van der Waals surface area contributed by atoms with Gasteiger partial charge in [-0.05, 0) is 20.5 Å². The zero-order chi connectivity index (χ0) is 18.2. The first kappa shape index (κ1) is 18.6. The summed E-state index contributed by atoms with van der Waals surface area (Å²) in [4.78, 5) is 31.9. The van der Waals surface area contributed by atoms with Gasteiger partial charge in [0.1, 0.15) is 0 Å². The van der Waals surface area contributed by atoms with Crippen molar-refractivity contribution in [2.24, 2.45) is 0 Å². The number of hydrogen-bond acceptors (Lipinski definition) is 6. The zero-order valence-electron chi connectivity index (χ0n) is 15.1. The lowest BCUT2D eigenvalue weighted by Gasteiger charge is -2.44. The van der Waals surface area contributed by atoms with Crippen LogP contribution in [0.2, 0.25) is 0 Å². The molecule has 0 aromatic rings. The average molecular weight is 372 g/mol. The van der Waals surface area contributed by atoms with Crippen molar-refractivity contribution in [2.75, 3.05) is 64.9 Å². The fourth-order valence-corrected chi connectivity index (χ4v) is 6.17. The molecule has 0 unspecified atom stereocenters. The Bertz CT molecular complexity index is 636. The molecule has 0 saturated carbocycles. The standard InChI is InChI=1S/C16H28N4O4S/c1-17(2)10-16(22)20-9-8-18(6-7-19-5-3-4-15(19)21)13-11-25(23,24)12-14(13)20/h13-14H,3-12H2,1-2H3/t13-,14+/m0/s1. The number of nitrogens with zero attached hydrogens (tertiary/aromatic N) is 4. The molecule has 2 amide bonds. The van der Waals surface area contributed by atoms with Gasteiger partial charge < -0.3 is 14.7 Å². The number of fused-ring (bicyclic) bond motifs is 1. The third kappa shape index (κ3) is 4.15. The van der Waals surface area contributed by atoms with Gasteiger partial charge in [0.25, 0.3) is 0 Å². The maximum atomic E-state index is 12.5. The Morgan fingerprint density at radius 1 is 1.12 bits per heavy atom. The number of sulfone groups is 1. The molecule has 0 aromatic carbocycles. The zero-order valence-corrected chi connectivity index (χ0v) is 15.9. The molecule has 0 aromatic heterocycles. The van der Waals surface area contributed by atoms with Gasteiger partial charge in [-0.1, -0.05) is 0 Å². The van der Waals surface area contributed by atoms with E-state index >= 15 is 0 Å². The molecule has 0 spiro atoms. The summed E-state index contributed by atoms with van der Waals surface area (Å²) < 4.78 is 24.4.